The molecule has 0 radical (unpaired) electrons. The monoisotopic (exact) mass is 248 g/mol. The molecular weight excluding hydrogens is 232 g/mol. The zero-order valence-corrected chi connectivity index (χ0v) is 10.8. The van der Waals surface area contributed by atoms with Gasteiger partial charge in [-0.15, -0.1) is 0 Å². The summed E-state index contributed by atoms with van der Waals surface area (Å²) >= 11 is 4.97. The van der Waals surface area contributed by atoms with Crippen molar-refractivity contribution in [3.63, 3.8) is 0 Å². The van der Waals surface area contributed by atoms with Gasteiger partial charge in [0.15, 0.2) is 0 Å². The predicted octanol–water partition coefficient (Wildman–Crippen LogP) is 2.31. The van der Waals surface area contributed by atoms with Gasteiger partial charge in [-0.3, -0.25) is 0 Å². The van der Waals surface area contributed by atoms with Gasteiger partial charge >= 0.3 is 0 Å². The summed E-state index contributed by atoms with van der Waals surface area (Å²) in [6.45, 7) is 2.89. The van der Waals surface area contributed by atoms with Crippen molar-refractivity contribution in [2.24, 2.45) is 5.73 Å². The Bertz CT molecular complexity index is 547. The Morgan fingerprint density at radius 2 is 2.24 bits per heavy atom. The molecule has 90 valence electrons. The molecule has 0 aliphatic heterocycles. The van der Waals surface area contributed by atoms with E-state index >= 15 is 0 Å². The van der Waals surface area contributed by atoms with Gasteiger partial charge in [0.1, 0.15) is 4.99 Å². The standard InChI is InChI=1S/C13H16N2OS/c1-9(16-2)8-15-6-5-10-7-11(13(14)17)3-4-12(10)15/h3-7,9H,8H2,1-2H3,(H2,14,17). The van der Waals surface area contributed by atoms with E-state index in [-0.39, 0.29) is 6.10 Å². The maximum atomic E-state index is 5.62. The Morgan fingerprint density at radius 1 is 1.47 bits per heavy atom. The summed E-state index contributed by atoms with van der Waals surface area (Å²) in [7, 11) is 1.72. The third kappa shape index (κ3) is 2.48. The first kappa shape index (κ1) is 12.1. The molecule has 3 nitrogen and oxygen atoms in total. The van der Waals surface area contributed by atoms with Gasteiger partial charge in [0, 0.05) is 36.3 Å². The molecule has 0 bridgehead atoms. The van der Waals surface area contributed by atoms with Crippen LogP contribution in [-0.2, 0) is 11.3 Å². The van der Waals surface area contributed by atoms with Crippen molar-refractivity contribution in [1.29, 1.82) is 0 Å². The quantitative estimate of drug-likeness (QED) is 0.844. The summed E-state index contributed by atoms with van der Waals surface area (Å²) < 4.78 is 7.45. The summed E-state index contributed by atoms with van der Waals surface area (Å²) in [5, 5.41) is 1.15. The Hall–Kier alpha value is -1.39. The summed E-state index contributed by atoms with van der Waals surface area (Å²) in [6, 6.07) is 8.09. The predicted molar refractivity (Wildman–Crippen MR) is 74.3 cm³/mol. The lowest BCUT2D eigenvalue weighted by atomic mass is 10.1. The van der Waals surface area contributed by atoms with Crippen molar-refractivity contribution < 1.29 is 4.74 Å². The van der Waals surface area contributed by atoms with Crippen molar-refractivity contribution >= 4 is 28.1 Å². The second-order valence-corrected chi connectivity index (χ2v) is 4.59. The van der Waals surface area contributed by atoms with Crippen molar-refractivity contribution in [1.82, 2.24) is 4.57 Å². The molecule has 4 heteroatoms. The number of fused-ring (bicyclic) bond motifs is 1. The van der Waals surface area contributed by atoms with Gasteiger partial charge in [-0.1, -0.05) is 12.2 Å². The molecule has 0 spiro atoms. The second-order valence-electron chi connectivity index (χ2n) is 4.15. The number of aromatic nitrogens is 1. The molecule has 0 aliphatic carbocycles. The summed E-state index contributed by atoms with van der Waals surface area (Å²) in [6.07, 6.45) is 2.25. The summed E-state index contributed by atoms with van der Waals surface area (Å²) in [5.41, 5.74) is 7.70. The minimum Gasteiger partial charge on any atom is -0.389 e. The van der Waals surface area contributed by atoms with E-state index in [9.17, 15) is 0 Å². The molecule has 1 aromatic carbocycles. The number of methoxy groups -OCH3 is 1. The Morgan fingerprint density at radius 3 is 2.88 bits per heavy atom. The van der Waals surface area contributed by atoms with E-state index in [2.05, 4.69) is 23.8 Å². The van der Waals surface area contributed by atoms with E-state index in [4.69, 9.17) is 22.7 Å². The number of rotatable bonds is 4. The van der Waals surface area contributed by atoms with Crippen LogP contribution in [0.3, 0.4) is 0 Å². The van der Waals surface area contributed by atoms with E-state index in [0.29, 0.717) is 4.99 Å². The molecule has 0 aliphatic rings. The van der Waals surface area contributed by atoms with E-state index in [1.165, 1.54) is 5.52 Å². The fourth-order valence-electron chi connectivity index (χ4n) is 1.86. The first-order valence-corrected chi connectivity index (χ1v) is 5.94. The number of hydrogen-bond donors (Lipinski definition) is 1. The van der Waals surface area contributed by atoms with Crippen LogP contribution in [0.4, 0.5) is 0 Å². The highest BCUT2D eigenvalue weighted by atomic mass is 32.1. The second kappa shape index (κ2) is 4.85. The van der Waals surface area contributed by atoms with Crippen LogP contribution in [0.1, 0.15) is 12.5 Å². The van der Waals surface area contributed by atoms with E-state index in [1.54, 1.807) is 7.11 Å². The van der Waals surface area contributed by atoms with Crippen LogP contribution in [-0.4, -0.2) is 22.8 Å². The average Bonchev–Trinajstić information content (AvgIpc) is 2.71. The van der Waals surface area contributed by atoms with Gasteiger partial charge in [0.05, 0.1) is 6.10 Å². The fourth-order valence-corrected chi connectivity index (χ4v) is 1.99. The van der Waals surface area contributed by atoms with Crippen LogP contribution >= 0.6 is 12.2 Å². The Kier molecular flexibility index (Phi) is 3.45. The maximum absolute atomic E-state index is 5.62. The summed E-state index contributed by atoms with van der Waals surface area (Å²) in [5.74, 6) is 0. The van der Waals surface area contributed by atoms with Crippen molar-refractivity contribution in [3.8, 4) is 0 Å². The van der Waals surface area contributed by atoms with Gasteiger partial charge < -0.3 is 15.0 Å². The number of hydrogen-bond acceptors (Lipinski definition) is 2. The van der Waals surface area contributed by atoms with Crippen LogP contribution in [0.25, 0.3) is 10.9 Å². The lowest BCUT2D eigenvalue weighted by Gasteiger charge is -2.11. The van der Waals surface area contributed by atoms with Crippen LogP contribution in [0.2, 0.25) is 0 Å². The smallest absolute Gasteiger partial charge is 0.104 e. The molecule has 1 heterocycles. The minimum atomic E-state index is 0.195. The highest BCUT2D eigenvalue weighted by Gasteiger charge is 2.06. The molecule has 0 saturated heterocycles. The number of thiocarbonyl (C=S) groups is 1. The topological polar surface area (TPSA) is 40.2 Å². The van der Waals surface area contributed by atoms with Gasteiger partial charge in [0.2, 0.25) is 0 Å². The Labute approximate surface area is 106 Å². The average molecular weight is 248 g/mol. The molecule has 2 aromatic rings. The zero-order valence-electron chi connectivity index (χ0n) is 10.0. The molecule has 0 amide bonds. The van der Waals surface area contributed by atoms with Crippen LogP contribution < -0.4 is 5.73 Å². The SMILES string of the molecule is COC(C)Cn1ccc2cc(C(N)=S)ccc21. The van der Waals surface area contributed by atoms with E-state index in [0.717, 1.165) is 17.5 Å². The fraction of sp³-hybridized carbons (Fsp3) is 0.308. The van der Waals surface area contributed by atoms with Crippen molar-refractivity contribution in [2.45, 2.75) is 19.6 Å². The number of benzene rings is 1. The third-order valence-corrected chi connectivity index (χ3v) is 3.15. The lowest BCUT2D eigenvalue weighted by molar-refractivity contribution is 0.104. The molecule has 2 N–H and O–H groups in total. The summed E-state index contributed by atoms with van der Waals surface area (Å²) in [4.78, 5) is 0.435. The molecule has 1 atom stereocenters. The molecule has 0 saturated carbocycles. The largest absolute Gasteiger partial charge is 0.389 e. The van der Waals surface area contributed by atoms with Crippen LogP contribution in [0.15, 0.2) is 30.5 Å². The van der Waals surface area contributed by atoms with Gasteiger partial charge in [-0.25, -0.2) is 0 Å². The maximum Gasteiger partial charge on any atom is 0.104 e. The molecule has 1 unspecified atom stereocenters. The minimum absolute atomic E-state index is 0.195. The highest BCUT2D eigenvalue weighted by Crippen LogP contribution is 2.18. The molecule has 17 heavy (non-hydrogen) atoms. The highest BCUT2D eigenvalue weighted by molar-refractivity contribution is 7.80. The molecule has 2 rings (SSSR count). The first-order valence-electron chi connectivity index (χ1n) is 5.53. The van der Waals surface area contributed by atoms with E-state index in [1.807, 2.05) is 18.2 Å². The number of nitrogens with two attached hydrogens (primary N) is 1. The van der Waals surface area contributed by atoms with Gasteiger partial charge in [0.25, 0.3) is 0 Å². The molecule has 0 fully saturated rings. The van der Waals surface area contributed by atoms with Gasteiger partial charge in [-0.2, -0.15) is 0 Å². The van der Waals surface area contributed by atoms with Gasteiger partial charge in [-0.05, 0) is 31.2 Å². The van der Waals surface area contributed by atoms with Crippen molar-refractivity contribution in [2.75, 3.05) is 7.11 Å². The number of nitrogens with zero attached hydrogens (tertiary/aromatic N) is 1. The lowest BCUT2D eigenvalue weighted by Crippen LogP contribution is -2.13. The normalized spacial score (nSPS) is 12.8. The molecular formula is C13H16N2OS. The van der Waals surface area contributed by atoms with Crippen molar-refractivity contribution in [3.05, 3.63) is 36.0 Å². The first-order chi connectivity index (χ1) is 8.11. The molecule has 1 aromatic heterocycles. The van der Waals surface area contributed by atoms with Crippen LogP contribution in [0.5, 0.6) is 0 Å². The Balaban J connectivity index is 2.38. The third-order valence-electron chi connectivity index (χ3n) is 2.91. The number of ether oxygens (including phenoxy) is 1. The van der Waals surface area contributed by atoms with E-state index < -0.39 is 0 Å². The van der Waals surface area contributed by atoms with Crippen LogP contribution in [0, 0.1) is 0 Å². The zero-order chi connectivity index (χ0) is 12.4.